The van der Waals surface area contributed by atoms with E-state index in [4.69, 9.17) is 0 Å². The average molecular weight is 323 g/mol. The van der Waals surface area contributed by atoms with Crippen LogP contribution in [0.2, 0.25) is 0 Å². The van der Waals surface area contributed by atoms with Crippen LogP contribution in [0.15, 0.2) is 48.5 Å². The second kappa shape index (κ2) is 6.74. The molecule has 2 N–H and O–H groups in total. The molecule has 3 amide bonds. The Labute approximate surface area is 141 Å². The van der Waals surface area contributed by atoms with Gasteiger partial charge >= 0.3 is 6.03 Å². The number of anilines is 2. The third kappa shape index (κ3) is 3.74. The Kier molecular flexibility index (Phi) is 4.51. The highest BCUT2D eigenvalue weighted by molar-refractivity contribution is 5.97. The summed E-state index contributed by atoms with van der Waals surface area (Å²) in [5.74, 6) is 0.0258. The summed E-state index contributed by atoms with van der Waals surface area (Å²) in [6.07, 6.45) is 0.315. The molecule has 5 nitrogen and oxygen atoms in total. The normalized spacial score (nSPS) is 17.0. The number of hydrogen-bond acceptors (Lipinski definition) is 2. The first-order valence-corrected chi connectivity index (χ1v) is 8.02. The Morgan fingerprint density at radius 3 is 2.42 bits per heavy atom. The van der Waals surface area contributed by atoms with Gasteiger partial charge in [-0.15, -0.1) is 0 Å². The van der Waals surface area contributed by atoms with Crippen LogP contribution in [0.4, 0.5) is 16.2 Å². The fourth-order valence-corrected chi connectivity index (χ4v) is 3.06. The molecule has 1 aliphatic rings. The number of carbonyl (C=O) groups is 2. The summed E-state index contributed by atoms with van der Waals surface area (Å²) in [7, 11) is 0. The summed E-state index contributed by atoms with van der Waals surface area (Å²) < 4.78 is 0. The van der Waals surface area contributed by atoms with Gasteiger partial charge in [0, 0.05) is 24.3 Å². The van der Waals surface area contributed by atoms with Crippen molar-refractivity contribution in [1.29, 1.82) is 0 Å². The van der Waals surface area contributed by atoms with Crippen molar-refractivity contribution in [2.45, 2.75) is 26.3 Å². The second-order valence-corrected chi connectivity index (χ2v) is 6.22. The third-order valence-corrected chi connectivity index (χ3v) is 4.01. The van der Waals surface area contributed by atoms with Crippen molar-refractivity contribution in [3.63, 3.8) is 0 Å². The first-order valence-electron chi connectivity index (χ1n) is 8.02. The summed E-state index contributed by atoms with van der Waals surface area (Å²) in [4.78, 5) is 26.1. The van der Waals surface area contributed by atoms with Crippen LogP contribution in [0.1, 0.15) is 17.5 Å². The molecule has 1 aliphatic heterocycles. The van der Waals surface area contributed by atoms with Crippen molar-refractivity contribution in [2.75, 3.05) is 16.8 Å². The van der Waals surface area contributed by atoms with Gasteiger partial charge in [0.2, 0.25) is 5.91 Å². The third-order valence-electron chi connectivity index (χ3n) is 4.01. The lowest BCUT2D eigenvalue weighted by Crippen LogP contribution is -2.39. The molecule has 2 aromatic rings. The number of hydrogen-bond donors (Lipinski definition) is 2. The molecular weight excluding hydrogens is 302 g/mol. The predicted octanol–water partition coefficient (Wildman–Crippen LogP) is 3.23. The Morgan fingerprint density at radius 1 is 1.08 bits per heavy atom. The topological polar surface area (TPSA) is 61.4 Å². The predicted molar refractivity (Wildman–Crippen MR) is 95.3 cm³/mol. The number of nitrogens with zero attached hydrogens (tertiary/aromatic N) is 1. The van der Waals surface area contributed by atoms with Crippen molar-refractivity contribution in [1.82, 2.24) is 5.32 Å². The molecule has 24 heavy (non-hydrogen) atoms. The number of para-hydroxylation sites is 1. The van der Waals surface area contributed by atoms with E-state index in [9.17, 15) is 9.59 Å². The van der Waals surface area contributed by atoms with Gasteiger partial charge < -0.3 is 15.5 Å². The van der Waals surface area contributed by atoms with Crippen molar-refractivity contribution in [3.05, 3.63) is 59.7 Å². The first-order chi connectivity index (χ1) is 11.5. The number of aryl methyl sites for hydroxylation is 2. The molecule has 0 unspecified atom stereocenters. The molecule has 0 radical (unpaired) electrons. The summed E-state index contributed by atoms with van der Waals surface area (Å²) in [6, 6.07) is 14.9. The quantitative estimate of drug-likeness (QED) is 0.911. The SMILES string of the molecule is Cc1cc(C)cc(NC(=O)N[C@H]2CC(=O)N(c3ccccc3)C2)c1. The van der Waals surface area contributed by atoms with Gasteiger partial charge in [-0.1, -0.05) is 24.3 Å². The van der Waals surface area contributed by atoms with Gasteiger partial charge in [-0.05, 0) is 49.2 Å². The summed E-state index contributed by atoms with van der Waals surface area (Å²) in [5, 5.41) is 5.72. The number of urea groups is 1. The van der Waals surface area contributed by atoms with E-state index in [1.807, 2.05) is 56.3 Å². The van der Waals surface area contributed by atoms with Crippen LogP contribution >= 0.6 is 0 Å². The molecule has 2 aromatic carbocycles. The zero-order valence-electron chi connectivity index (χ0n) is 13.9. The molecule has 0 aromatic heterocycles. The molecular formula is C19H21N3O2. The van der Waals surface area contributed by atoms with Crippen molar-refractivity contribution in [2.24, 2.45) is 0 Å². The molecule has 124 valence electrons. The summed E-state index contributed by atoms with van der Waals surface area (Å²) in [6.45, 7) is 4.47. The molecule has 5 heteroatoms. The van der Waals surface area contributed by atoms with Crippen LogP contribution in [-0.4, -0.2) is 24.5 Å². The second-order valence-electron chi connectivity index (χ2n) is 6.22. The van der Waals surface area contributed by atoms with Gasteiger partial charge in [-0.25, -0.2) is 4.79 Å². The van der Waals surface area contributed by atoms with Crippen LogP contribution in [0.25, 0.3) is 0 Å². The highest BCUT2D eigenvalue weighted by Gasteiger charge is 2.31. The zero-order chi connectivity index (χ0) is 17.1. The lowest BCUT2D eigenvalue weighted by Gasteiger charge is -2.17. The first kappa shape index (κ1) is 16.1. The van der Waals surface area contributed by atoms with Gasteiger partial charge in [-0.3, -0.25) is 4.79 Å². The highest BCUT2D eigenvalue weighted by Crippen LogP contribution is 2.21. The van der Waals surface area contributed by atoms with Crippen LogP contribution in [-0.2, 0) is 4.79 Å². The van der Waals surface area contributed by atoms with E-state index in [1.54, 1.807) is 4.90 Å². The average Bonchev–Trinajstić information content (AvgIpc) is 2.87. The fourth-order valence-electron chi connectivity index (χ4n) is 3.06. The van der Waals surface area contributed by atoms with E-state index in [0.717, 1.165) is 22.5 Å². The van der Waals surface area contributed by atoms with Crippen LogP contribution < -0.4 is 15.5 Å². The standard InChI is InChI=1S/C19H21N3O2/c1-13-8-14(2)10-15(9-13)20-19(24)21-16-11-18(23)22(12-16)17-6-4-3-5-7-17/h3-10,16H,11-12H2,1-2H3,(H2,20,21,24)/t16-/m0/s1. The maximum atomic E-state index is 12.2. The molecule has 1 fully saturated rings. The smallest absolute Gasteiger partial charge is 0.319 e. The monoisotopic (exact) mass is 323 g/mol. The van der Waals surface area contributed by atoms with Gasteiger partial charge in [0.1, 0.15) is 0 Å². The Hall–Kier alpha value is -2.82. The lowest BCUT2D eigenvalue weighted by atomic mass is 10.1. The van der Waals surface area contributed by atoms with Crippen molar-refractivity contribution < 1.29 is 9.59 Å². The van der Waals surface area contributed by atoms with Crippen LogP contribution in [0.3, 0.4) is 0 Å². The minimum absolute atomic E-state index is 0.0258. The Morgan fingerprint density at radius 2 is 1.75 bits per heavy atom. The molecule has 0 bridgehead atoms. The Bertz CT molecular complexity index is 738. The minimum atomic E-state index is -0.285. The van der Waals surface area contributed by atoms with E-state index in [2.05, 4.69) is 16.7 Å². The van der Waals surface area contributed by atoms with E-state index in [1.165, 1.54) is 0 Å². The molecule has 0 saturated carbocycles. The highest BCUT2D eigenvalue weighted by atomic mass is 16.2. The number of benzene rings is 2. The summed E-state index contributed by atoms with van der Waals surface area (Å²) in [5.41, 5.74) is 3.81. The van der Waals surface area contributed by atoms with E-state index in [0.29, 0.717) is 13.0 Å². The van der Waals surface area contributed by atoms with Crippen LogP contribution in [0, 0.1) is 13.8 Å². The van der Waals surface area contributed by atoms with E-state index in [-0.39, 0.29) is 18.0 Å². The van der Waals surface area contributed by atoms with E-state index < -0.39 is 0 Å². The van der Waals surface area contributed by atoms with Crippen molar-refractivity contribution in [3.8, 4) is 0 Å². The molecule has 3 rings (SSSR count). The lowest BCUT2D eigenvalue weighted by molar-refractivity contribution is -0.117. The molecule has 0 aliphatic carbocycles. The number of rotatable bonds is 3. The molecule has 1 saturated heterocycles. The van der Waals surface area contributed by atoms with Crippen molar-refractivity contribution >= 4 is 23.3 Å². The summed E-state index contributed by atoms with van der Waals surface area (Å²) >= 11 is 0. The van der Waals surface area contributed by atoms with Gasteiger partial charge in [0.15, 0.2) is 0 Å². The Balaban J connectivity index is 1.60. The zero-order valence-corrected chi connectivity index (χ0v) is 13.9. The van der Waals surface area contributed by atoms with Crippen LogP contribution in [0.5, 0.6) is 0 Å². The number of nitrogens with one attached hydrogen (secondary N) is 2. The maximum absolute atomic E-state index is 12.2. The van der Waals surface area contributed by atoms with E-state index >= 15 is 0 Å². The van der Waals surface area contributed by atoms with Gasteiger partial charge in [-0.2, -0.15) is 0 Å². The molecule has 1 heterocycles. The largest absolute Gasteiger partial charge is 0.333 e. The fraction of sp³-hybridized carbons (Fsp3) is 0.263. The number of carbonyl (C=O) groups excluding carboxylic acids is 2. The molecule has 1 atom stereocenters. The van der Waals surface area contributed by atoms with Gasteiger partial charge in [0.25, 0.3) is 0 Å². The number of amides is 3. The maximum Gasteiger partial charge on any atom is 0.319 e. The minimum Gasteiger partial charge on any atom is -0.333 e. The van der Waals surface area contributed by atoms with Gasteiger partial charge in [0.05, 0.1) is 6.04 Å². The molecule has 0 spiro atoms.